The van der Waals surface area contributed by atoms with Crippen molar-refractivity contribution in [1.29, 1.82) is 0 Å². The minimum atomic E-state index is -3.42. The van der Waals surface area contributed by atoms with Crippen molar-refractivity contribution in [3.05, 3.63) is 0 Å². The van der Waals surface area contributed by atoms with E-state index in [1.54, 1.807) is 13.8 Å². The molecule has 5 nitrogen and oxygen atoms in total. The van der Waals surface area contributed by atoms with E-state index in [9.17, 15) is 8.42 Å². The van der Waals surface area contributed by atoms with Crippen molar-refractivity contribution in [3.63, 3.8) is 0 Å². The van der Waals surface area contributed by atoms with E-state index < -0.39 is 10.2 Å². The van der Waals surface area contributed by atoms with Crippen LogP contribution in [0.15, 0.2) is 0 Å². The molecule has 0 rings (SSSR count). The van der Waals surface area contributed by atoms with Gasteiger partial charge >= 0.3 is 0 Å². The van der Waals surface area contributed by atoms with Gasteiger partial charge in [-0.2, -0.15) is 17.4 Å². The maximum Gasteiger partial charge on any atom is 0.279 e. The molecule has 0 fully saturated rings. The molecule has 2 N–H and O–H groups in total. The topological polar surface area (TPSA) is 69.6 Å². The van der Waals surface area contributed by atoms with Crippen LogP contribution >= 0.6 is 0 Å². The molecular weight excluding hydrogens is 228 g/mol. The van der Waals surface area contributed by atoms with E-state index in [2.05, 4.69) is 4.72 Å². The van der Waals surface area contributed by atoms with E-state index in [1.807, 2.05) is 13.8 Å². The third kappa shape index (κ3) is 4.78. The fourth-order valence-corrected chi connectivity index (χ4v) is 3.10. The highest BCUT2D eigenvalue weighted by Gasteiger charge is 2.24. The first-order valence-electron chi connectivity index (χ1n) is 5.77. The van der Waals surface area contributed by atoms with Crippen molar-refractivity contribution in [1.82, 2.24) is 9.03 Å². The number of aliphatic hydroxyl groups is 1. The van der Waals surface area contributed by atoms with E-state index in [1.165, 1.54) is 4.31 Å². The van der Waals surface area contributed by atoms with Gasteiger partial charge in [0.1, 0.15) is 0 Å². The fourth-order valence-electron chi connectivity index (χ4n) is 1.50. The lowest BCUT2D eigenvalue weighted by molar-refractivity contribution is 0.254. The normalized spacial score (nSPS) is 14.7. The summed E-state index contributed by atoms with van der Waals surface area (Å²) in [7, 11) is -3.42. The largest absolute Gasteiger partial charge is 0.396 e. The van der Waals surface area contributed by atoms with E-state index >= 15 is 0 Å². The second kappa shape index (κ2) is 7.21. The van der Waals surface area contributed by atoms with Gasteiger partial charge in [0, 0.05) is 25.7 Å². The molecule has 0 heterocycles. The van der Waals surface area contributed by atoms with Crippen LogP contribution in [0.5, 0.6) is 0 Å². The molecule has 0 aliphatic carbocycles. The summed E-state index contributed by atoms with van der Waals surface area (Å²) in [5, 5.41) is 8.89. The molecule has 0 aromatic heterocycles. The molecule has 0 saturated carbocycles. The van der Waals surface area contributed by atoms with Crippen LogP contribution in [0, 0.1) is 5.92 Å². The molecule has 0 aromatic rings. The van der Waals surface area contributed by atoms with Crippen molar-refractivity contribution in [2.24, 2.45) is 5.92 Å². The van der Waals surface area contributed by atoms with Crippen LogP contribution in [-0.4, -0.2) is 43.6 Å². The molecule has 0 amide bonds. The number of rotatable bonds is 8. The van der Waals surface area contributed by atoms with Gasteiger partial charge in [0.25, 0.3) is 10.2 Å². The number of nitrogens with one attached hydrogen (secondary N) is 1. The number of hydrogen-bond donors (Lipinski definition) is 2. The monoisotopic (exact) mass is 252 g/mol. The molecule has 0 aromatic carbocycles. The lowest BCUT2D eigenvalue weighted by Crippen LogP contribution is -2.47. The second-order valence-corrected chi connectivity index (χ2v) is 5.77. The Balaban J connectivity index is 4.64. The summed E-state index contributed by atoms with van der Waals surface area (Å²) in [5.41, 5.74) is 0. The summed E-state index contributed by atoms with van der Waals surface area (Å²) in [6.45, 7) is 8.38. The van der Waals surface area contributed by atoms with Gasteiger partial charge < -0.3 is 5.11 Å². The van der Waals surface area contributed by atoms with Gasteiger partial charge in [-0.15, -0.1) is 0 Å². The average Bonchev–Trinajstić information content (AvgIpc) is 2.18. The molecule has 0 radical (unpaired) electrons. The van der Waals surface area contributed by atoms with Crippen molar-refractivity contribution < 1.29 is 13.5 Å². The van der Waals surface area contributed by atoms with Crippen LogP contribution in [0.3, 0.4) is 0 Å². The maximum atomic E-state index is 11.9. The van der Waals surface area contributed by atoms with E-state index in [0.717, 1.165) is 0 Å². The Morgan fingerprint density at radius 2 is 1.75 bits per heavy atom. The highest BCUT2D eigenvalue weighted by Crippen LogP contribution is 2.09. The number of hydrogen-bond acceptors (Lipinski definition) is 3. The van der Waals surface area contributed by atoms with Gasteiger partial charge in [-0.05, 0) is 12.3 Å². The molecule has 0 bridgehead atoms. The highest BCUT2D eigenvalue weighted by molar-refractivity contribution is 7.87. The van der Waals surface area contributed by atoms with Crippen molar-refractivity contribution in [3.8, 4) is 0 Å². The first-order chi connectivity index (χ1) is 7.38. The minimum absolute atomic E-state index is 0.0103. The quantitative estimate of drug-likeness (QED) is 0.663. The Bertz CT molecular complexity index is 274. The molecule has 16 heavy (non-hydrogen) atoms. The van der Waals surface area contributed by atoms with Crippen LogP contribution in [0.2, 0.25) is 0 Å². The van der Waals surface area contributed by atoms with Crippen LogP contribution in [0.4, 0.5) is 0 Å². The highest BCUT2D eigenvalue weighted by atomic mass is 32.2. The lowest BCUT2D eigenvalue weighted by atomic mass is 10.0. The van der Waals surface area contributed by atoms with Crippen molar-refractivity contribution in [2.75, 3.05) is 19.7 Å². The van der Waals surface area contributed by atoms with Gasteiger partial charge in [-0.25, -0.2) is 0 Å². The second-order valence-electron chi connectivity index (χ2n) is 4.07. The summed E-state index contributed by atoms with van der Waals surface area (Å²) >= 11 is 0. The minimum Gasteiger partial charge on any atom is -0.396 e. The van der Waals surface area contributed by atoms with Gasteiger partial charge in [0.2, 0.25) is 0 Å². The molecular formula is C10H24N2O3S. The number of nitrogens with zero attached hydrogens (tertiary/aromatic N) is 1. The molecule has 6 heteroatoms. The Morgan fingerprint density at radius 1 is 1.25 bits per heavy atom. The maximum absolute atomic E-state index is 11.9. The molecule has 0 spiro atoms. The summed E-state index contributed by atoms with van der Waals surface area (Å²) in [5.74, 6) is 0.164. The van der Waals surface area contributed by atoms with Crippen LogP contribution < -0.4 is 4.72 Å². The summed E-state index contributed by atoms with van der Waals surface area (Å²) in [6.07, 6.45) is 0.443. The first kappa shape index (κ1) is 15.8. The van der Waals surface area contributed by atoms with Crippen molar-refractivity contribution in [2.45, 2.75) is 40.2 Å². The third-order valence-corrected chi connectivity index (χ3v) is 4.39. The SMILES string of the molecule is CCN(CC)S(=O)(=O)NC(CCO)C(C)C. The molecule has 98 valence electrons. The van der Waals surface area contributed by atoms with Crippen molar-refractivity contribution >= 4 is 10.2 Å². The molecule has 0 aliphatic heterocycles. The van der Waals surface area contributed by atoms with Gasteiger partial charge in [-0.3, -0.25) is 0 Å². The van der Waals surface area contributed by atoms with Crippen LogP contribution in [-0.2, 0) is 10.2 Å². The zero-order valence-corrected chi connectivity index (χ0v) is 11.4. The summed E-state index contributed by atoms with van der Waals surface area (Å²) in [6, 6.07) is -0.212. The van der Waals surface area contributed by atoms with E-state index in [0.29, 0.717) is 19.5 Å². The third-order valence-electron chi connectivity index (χ3n) is 2.59. The smallest absolute Gasteiger partial charge is 0.279 e. The molecule has 0 saturated heterocycles. The molecule has 1 atom stereocenters. The zero-order chi connectivity index (χ0) is 12.8. The zero-order valence-electron chi connectivity index (χ0n) is 10.6. The Hall–Kier alpha value is -0.170. The predicted octanol–water partition coefficient (Wildman–Crippen LogP) is 0.570. The van der Waals surface area contributed by atoms with Gasteiger partial charge in [0.05, 0.1) is 0 Å². The van der Waals surface area contributed by atoms with Gasteiger partial charge in [-0.1, -0.05) is 27.7 Å². The summed E-state index contributed by atoms with van der Waals surface area (Å²) in [4.78, 5) is 0. The summed E-state index contributed by atoms with van der Waals surface area (Å²) < 4.78 is 27.8. The van der Waals surface area contributed by atoms with Crippen LogP contribution in [0.25, 0.3) is 0 Å². The fraction of sp³-hybridized carbons (Fsp3) is 1.00. The van der Waals surface area contributed by atoms with E-state index in [4.69, 9.17) is 5.11 Å². The van der Waals surface area contributed by atoms with Crippen LogP contribution in [0.1, 0.15) is 34.1 Å². The Labute approximate surface area is 99.0 Å². The lowest BCUT2D eigenvalue weighted by Gasteiger charge is -2.26. The molecule has 1 unspecified atom stereocenters. The predicted molar refractivity (Wildman–Crippen MR) is 65.3 cm³/mol. The standard InChI is InChI=1S/C10H24N2O3S/c1-5-12(6-2)16(14,15)11-10(7-8-13)9(3)4/h9-11,13H,5-8H2,1-4H3. The number of aliphatic hydroxyl groups excluding tert-OH is 1. The molecule has 0 aliphatic rings. The first-order valence-corrected chi connectivity index (χ1v) is 7.21. The van der Waals surface area contributed by atoms with E-state index in [-0.39, 0.29) is 18.6 Å². The Morgan fingerprint density at radius 3 is 2.06 bits per heavy atom. The Kier molecular flexibility index (Phi) is 7.14. The van der Waals surface area contributed by atoms with Gasteiger partial charge in [0.15, 0.2) is 0 Å². The average molecular weight is 252 g/mol.